The highest BCUT2D eigenvalue weighted by Crippen LogP contribution is 2.28. The van der Waals surface area contributed by atoms with Gasteiger partial charge in [-0.2, -0.15) is 5.26 Å². The van der Waals surface area contributed by atoms with Crippen LogP contribution in [0.15, 0.2) is 18.2 Å². The van der Waals surface area contributed by atoms with Crippen LogP contribution in [-0.4, -0.2) is 18.2 Å². The van der Waals surface area contributed by atoms with Crippen molar-refractivity contribution in [2.75, 3.05) is 18.0 Å². The van der Waals surface area contributed by atoms with Gasteiger partial charge in [0.2, 0.25) is 0 Å². The number of hydrogen-bond donors (Lipinski definition) is 2. The SMILES string of the molecule is CCN(CC(C)C#N)c1ccc(C(C)N)c(O)c1. The number of nitriles is 1. The largest absolute Gasteiger partial charge is 0.508 e. The molecule has 1 aromatic rings. The summed E-state index contributed by atoms with van der Waals surface area (Å²) in [7, 11) is 0. The second-order valence-corrected chi connectivity index (χ2v) is 4.60. The topological polar surface area (TPSA) is 73.3 Å². The van der Waals surface area contributed by atoms with E-state index in [0.29, 0.717) is 6.54 Å². The van der Waals surface area contributed by atoms with Gasteiger partial charge in [-0.15, -0.1) is 0 Å². The predicted octanol–water partition coefficient (Wildman–Crippen LogP) is 2.40. The smallest absolute Gasteiger partial charge is 0.122 e. The summed E-state index contributed by atoms with van der Waals surface area (Å²) in [6.07, 6.45) is 0. The van der Waals surface area contributed by atoms with Crippen molar-refractivity contribution in [3.63, 3.8) is 0 Å². The van der Waals surface area contributed by atoms with Gasteiger partial charge in [0.25, 0.3) is 0 Å². The van der Waals surface area contributed by atoms with E-state index >= 15 is 0 Å². The molecule has 0 fully saturated rings. The summed E-state index contributed by atoms with van der Waals surface area (Å²) in [5.74, 6) is 0.172. The molecular formula is C14H21N3O. The highest BCUT2D eigenvalue weighted by Gasteiger charge is 2.12. The Kier molecular flexibility index (Phi) is 4.99. The van der Waals surface area contributed by atoms with E-state index in [1.807, 2.05) is 32.9 Å². The van der Waals surface area contributed by atoms with Crippen LogP contribution in [0.1, 0.15) is 32.4 Å². The molecule has 0 amide bonds. The van der Waals surface area contributed by atoms with Crippen LogP contribution in [0.3, 0.4) is 0 Å². The average Bonchev–Trinajstić information content (AvgIpc) is 2.34. The lowest BCUT2D eigenvalue weighted by Gasteiger charge is -2.25. The van der Waals surface area contributed by atoms with Crippen LogP contribution < -0.4 is 10.6 Å². The number of hydrogen-bond acceptors (Lipinski definition) is 4. The monoisotopic (exact) mass is 247 g/mol. The Morgan fingerprint density at radius 2 is 2.11 bits per heavy atom. The lowest BCUT2D eigenvalue weighted by atomic mass is 10.1. The number of aromatic hydroxyl groups is 1. The lowest BCUT2D eigenvalue weighted by Crippen LogP contribution is -2.27. The minimum Gasteiger partial charge on any atom is -0.508 e. The van der Waals surface area contributed by atoms with Gasteiger partial charge in [0.05, 0.1) is 12.0 Å². The maximum Gasteiger partial charge on any atom is 0.122 e. The standard InChI is InChI=1S/C14H21N3O/c1-4-17(9-10(2)8-15)12-5-6-13(11(3)16)14(18)7-12/h5-7,10-11,18H,4,9,16H2,1-3H3. The Labute approximate surface area is 109 Å². The third-order valence-corrected chi connectivity index (χ3v) is 2.97. The van der Waals surface area contributed by atoms with E-state index in [-0.39, 0.29) is 17.7 Å². The molecule has 18 heavy (non-hydrogen) atoms. The molecule has 0 heterocycles. The van der Waals surface area contributed by atoms with Gasteiger partial charge in [0.15, 0.2) is 0 Å². The number of phenolic OH excluding ortho intramolecular Hbond substituents is 1. The minimum atomic E-state index is -0.188. The summed E-state index contributed by atoms with van der Waals surface area (Å²) in [4.78, 5) is 2.07. The van der Waals surface area contributed by atoms with Crippen molar-refractivity contribution in [3.05, 3.63) is 23.8 Å². The number of anilines is 1. The molecule has 0 radical (unpaired) electrons. The van der Waals surface area contributed by atoms with Gasteiger partial charge in [-0.25, -0.2) is 0 Å². The quantitative estimate of drug-likeness (QED) is 0.838. The van der Waals surface area contributed by atoms with Gasteiger partial charge < -0.3 is 15.7 Å². The first kappa shape index (κ1) is 14.3. The Bertz CT molecular complexity index is 437. The van der Waals surface area contributed by atoms with E-state index in [1.54, 1.807) is 6.07 Å². The van der Waals surface area contributed by atoms with E-state index in [0.717, 1.165) is 17.8 Å². The summed E-state index contributed by atoms with van der Waals surface area (Å²) in [5, 5.41) is 18.8. The molecule has 1 aromatic carbocycles. The molecule has 2 atom stereocenters. The zero-order valence-electron chi connectivity index (χ0n) is 11.2. The number of rotatable bonds is 5. The third-order valence-electron chi connectivity index (χ3n) is 2.97. The van der Waals surface area contributed by atoms with Crippen molar-refractivity contribution in [2.24, 2.45) is 11.7 Å². The summed E-state index contributed by atoms with van der Waals surface area (Å²) in [6.45, 7) is 7.20. The Balaban J connectivity index is 2.95. The second kappa shape index (κ2) is 6.27. The average molecular weight is 247 g/mol. The molecule has 4 nitrogen and oxygen atoms in total. The lowest BCUT2D eigenvalue weighted by molar-refractivity contribution is 0.463. The molecule has 0 spiro atoms. The summed E-state index contributed by atoms with van der Waals surface area (Å²) >= 11 is 0. The summed E-state index contributed by atoms with van der Waals surface area (Å²) < 4.78 is 0. The number of benzene rings is 1. The van der Waals surface area contributed by atoms with Crippen LogP contribution in [0.4, 0.5) is 5.69 Å². The van der Waals surface area contributed by atoms with Crippen molar-refractivity contribution in [1.29, 1.82) is 5.26 Å². The van der Waals surface area contributed by atoms with Gasteiger partial charge in [-0.3, -0.25) is 0 Å². The Morgan fingerprint density at radius 3 is 2.56 bits per heavy atom. The van der Waals surface area contributed by atoms with Crippen LogP contribution in [0.5, 0.6) is 5.75 Å². The van der Waals surface area contributed by atoms with Crippen molar-refractivity contribution < 1.29 is 5.11 Å². The molecule has 0 saturated heterocycles. The summed E-state index contributed by atoms with van der Waals surface area (Å²) in [6, 6.07) is 7.53. The van der Waals surface area contributed by atoms with Gasteiger partial charge in [0.1, 0.15) is 5.75 Å². The van der Waals surface area contributed by atoms with Crippen LogP contribution in [-0.2, 0) is 0 Å². The number of phenols is 1. The number of nitrogens with zero attached hydrogens (tertiary/aromatic N) is 2. The highest BCUT2D eigenvalue weighted by atomic mass is 16.3. The number of nitrogens with two attached hydrogens (primary N) is 1. The van der Waals surface area contributed by atoms with Crippen LogP contribution >= 0.6 is 0 Å². The van der Waals surface area contributed by atoms with Crippen molar-refractivity contribution in [1.82, 2.24) is 0 Å². The maximum atomic E-state index is 9.93. The fourth-order valence-corrected chi connectivity index (χ4v) is 1.90. The first-order valence-corrected chi connectivity index (χ1v) is 6.22. The molecule has 0 bridgehead atoms. The zero-order valence-corrected chi connectivity index (χ0v) is 11.2. The Morgan fingerprint density at radius 1 is 1.44 bits per heavy atom. The van der Waals surface area contributed by atoms with E-state index in [9.17, 15) is 5.11 Å². The van der Waals surface area contributed by atoms with E-state index < -0.39 is 0 Å². The van der Waals surface area contributed by atoms with E-state index in [4.69, 9.17) is 11.0 Å². The Hall–Kier alpha value is -1.73. The predicted molar refractivity (Wildman–Crippen MR) is 73.4 cm³/mol. The molecule has 3 N–H and O–H groups in total. The fraction of sp³-hybridized carbons (Fsp3) is 0.500. The molecule has 1 rings (SSSR count). The minimum absolute atomic E-state index is 0.0415. The van der Waals surface area contributed by atoms with Gasteiger partial charge >= 0.3 is 0 Å². The van der Waals surface area contributed by atoms with Crippen molar-refractivity contribution in [2.45, 2.75) is 26.8 Å². The molecule has 2 unspecified atom stereocenters. The molecule has 0 aliphatic rings. The fourth-order valence-electron chi connectivity index (χ4n) is 1.90. The van der Waals surface area contributed by atoms with E-state index in [1.165, 1.54) is 0 Å². The van der Waals surface area contributed by atoms with Gasteiger partial charge in [0, 0.05) is 36.4 Å². The molecular weight excluding hydrogens is 226 g/mol. The van der Waals surface area contributed by atoms with Crippen molar-refractivity contribution >= 4 is 5.69 Å². The third kappa shape index (κ3) is 3.38. The van der Waals surface area contributed by atoms with Crippen LogP contribution in [0.2, 0.25) is 0 Å². The normalized spacial score (nSPS) is 13.7. The summed E-state index contributed by atoms with van der Waals surface area (Å²) in [5.41, 5.74) is 7.42. The second-order valence-electron chi connectivity index (χ2n) is 4.60. The maximum absolute atomic E-state index is 9.93. The first-order chi connectivity index (χ1) is 8.49. The highest BCUT2D eigenvalue weighted by molar-refractivity contribution is 5.54. The zero-order chi connectivity index (χ0) is 13.7. The van der Waals surface area contributed by atoms with Crippen LogP contribution in [0.25, 0.3) is 0 Å². The molecule has 98 valence electrons. The molecule has 4 heteroatoms. The van der Waals surface area contributed by atoms with Crippen molar-refractivity contribution in [3.8, 4) is 11.8 Å². The van der Waals surface area contributed by atoms with Gasteiger partial charge in [-0.05, 0) is 26.8 Å². The molecule has 0 aromatic heterocycles. The first-order valence-electron chi connectivity index (χ1n) is 6.22. The molecule has 0 aliphatic heterocycles. The van der Waals surface area contributed by atoms with Crippen LogP contribution in [0, 0.1) is 17.2 Å². The van der Waals surface area contributed by atoms with Gasteiger partial charge in [-0.1, -0.05) is 6.07 Å². The molecule has 0 saturated carbocycles. The molecule has 0 aliphatic carbocycles. The van der Waals surface area contributed by atoms with E-state index in [2.05, 4.69) is 11.0 Å².